The fraction of sp³-hybridized carbons (Fsp3) is 0.375. The summed E-state index contributed by atoms with van der Waals surface area (Å²) in [6, 6.07) is 17.6. The van der Waals surface area contributed by atoms with Gasteiger partial charge in [0.1, 0.15) is 12.3 Å². The van der Waals surface area contributed by atoms with Crippen LogP contribution in [0.25, 0.3) is 11.4 Å². The summed E-state index contributed by atoms with van der Waals surface area (Å²) < 4.78 is 11.3. The lowest BCUT2D eigenvalue weighted by atomic mass is 9.94. The maximum absolute atomic E-state index is 13.1. The van der Waals surface area contributed by atoms with Crippen LogP contribution in [0.5, 0.6) is 5.75 Å². The van der Waals surface area contributed by atoms with Gasteiger partial charge in [-0.1, -0.05) is 73.0 Å². The van der Waals surface area contributed by atoms with Crippen molar-refractivity contribution in [3.63, 3.8) is 0 Å². The molecule has 4 rings (SSSR count). The molecule has 0 unspecified atom stereocenters. The number of benzene rings is 2. The van der Waals surface area contributed by atoms with E-state index in [2.05, 4.69) is 10.1 Å². The van der Waals surface area contributed by atoms with Gasteiger partial charge in [0.05, 0.1) is 0 Å². The van der Waals surface area contributed by atoms with Crippen LogP contribution in [0.3, 0.4) is 0 Å². The largest absolute Gasteiger partial charge is 0.484 e. The highest BCUT2D eigenvalue weighted by Gasteiger charge is 2.28. The Balaban J connectivity index is 1.48. The van der Waals surface area contributed by atoms with Crippen molar-refractivity contribution in [2.75, 3.05) is 6.61 Å². The second-order valence-corrected chi connectivity index (χ2v) is 7.75. The first-order chi connectivity index (χ1) is 14.7. The van der Waals surface area contributed by atoms with Gasteiger partial charge >= 0.3 is 0 Å². The van der Waals surface area contributed by atoms with Gasteiger partial charge in [-0.3, -0.25) is 4.79 Å². The molecule has 6 heteroatoms. The number of hydrogen-bond acceptors (Lipinski definition) is 5. The predicted octanol–water partition coefficient (Wildman–Crippen LogP) is 4.79. The first-order valence-electron chi connectivity index (χ1n) is 10.6. The van der Waals surface area contributed by atoms with Gasteiger partial charge in [-0.15, -0.1) is 0 Å². The van der Waals surface area contributed by atoms with E-state index < -0.39 is 0 Å². The molecule has 0 N–H and O–H groups in total. The van der Waals surface area contributed by atoms with E-state index in [1.54, 1.807) is 0 Å². The van der Waals surface area contributed by atoms with E-state index in [9.17, 15) is 4.79 Å². The summed E-state index contributed by atoms with van der Waals surface area (Å²) in [7, 11) is 0. The van der Waals surface area contributed by atoms with Crippen LogP contribution in [-0.4, -0.2) is 33.6 Å². The Morgan fingerprint density at radius 3 is 2.57 bits per heavy atom. The molecule has 0 aliphatic heterocycles. The predicted molar refractivity (Wildman–Crippen MR) is 114 cm³/mol. The monoisotopic (exact) mass is 405 g/mol. The molecule has 2 aromatic carbocycles. The number of ether oxygens (including phenoxy) is 1. The molecule has 1 saturated carbocycles. The standard InChI is InChI=1S/C24H27N3O3/c1-18-10-8-9-15-21(18)29-17-23(28)27(20-13-6-3-7-14-20)16-22-25-24(26-30-22)19-11-4-2-5-12-19/h2,4-5,8-12,15,20H,3,6-7,13-14,16-17H2,1H3. The number of carbonyl (C=O) groups excluding carboxylic acids is 1. The lowest BCUT2D eigenvalue weighted by Crippen LogP contribution is -2.43. The second kappa shape index (κ2) is 9.57. The van der Waals surface area contributed by atoms with E-state index in [1.807, 2.05) is 66.4 Å². The molecule has 30 heavy (non-hydrogen) atoms. The van der Waals surface area contributed by atoms with Crippen molar-refractivity contribution >= 4 is 5.91 Å². The fourth-order valence-electron chi connectivity index (χ4n) is 3.92. The molecular weight excluding hydrogens is 378 g/mol. The number of hydrogen-bond donors (Lipinski definition) is 0. The first kappa shape index (κ1) is 20.1. The number of aryl methyl sites for hydroxylation is 1. The molecule has 0 spiro atoms. The van der Waals surface area contributed by atoms with Gasteiger partial charge in [-0.2, -0.15) is 4.98 Å². The first-order valence-corrected chi connectivity index (χ1v) is 10.6. The maximum atomic E-state index is 13.1. The Bertz CT molecular complexity index is 965. The third-order valence-electron chi connectivity index (χ3n) is 5.59. The average Bonchev–Trinajstić information content (AvgIpc) is 3.27. The molecule has 0 saturated heterocycles. The van der Waals surface area contributed by atoms with Crippen LogP contribution in [0.2, 0.25) is 0 Å². The Morgan fingerprint density at radius 2 is 1.80 bits per heavy atom. The summed E-state index contributed by atoms with van der Waals surface area (Å²) in [4.78, 5) is 19.5. The van der Waals surface area contributed by atoms with Gasteiger partial charge in [0, 0.05) is 11.6 Å². The van der Waals surface area contributed by atoms with Gasteiger partial charge in [0.15, 0.2) is 6.61 Å². The minimum atomic E-state index is -0.0513. The zero-order valence-corrected chi connectivity index (χ0v) is 17.3. The van der Waals surface area contributed by atoms with Gasteiger partial charge in [-0.25, -0.2) is 0 Å². The molecule has 1 heterocycles. The fourth-order valence-corrected chi connectivity index (χ4v) is 3.92. The van der Waals surface area contributed by atoms with E-state index in [0.717, 1.165) is 42.6 Å². The minimum Gasteiger partial charge on any atom is -0.484 e. The minimum absolute atomic E-state index is 0.00102. The van der Waals surface area contributed by atoms with Crippen LogP contribution in [0.4, 0.5) is 0 Å². The Kier molecular flexibility index (Phi) is 6.42. The lowest BCUT2D eigenvalue weighted by Gasteiger charge is -2.33. The Labute approximate surface area is 176 Å². The maximum Gasteiger partial charge on any atom is 0.261 e. The zero-order valence-electron chi connectivity index (χ0n) is 17.3. The highest BCUT2D eigenvalue weighted by atomic mass is 16.5. The average molecular weight is 405 g/mol. The van der Waals surface area contributed by atoms with Crippen LogP contribution >= 0.6 is 0 Å². The van der Waals surface area contributed by atoms with Crippen molar-refractivity contribution in [2.24, 2.45) is 0 Å². The summed E-state index contributed by atoms with van der Waals surface area (Å²) in [5.74, 6) is 1.67. The Hall–Kier alpha value is -3.15. The van der Waals surface area contributed by atoms with Gasteiger partial charge < -0.3 is 14.2 Å². The smallest absolute Gasteiger partial charge is 0.261 e. The van der Waals surface area contributed by atoms with Crippen molar-refractivity contribution in [3.8, 4) is 17.1 Å². The highest BCUT2D eigenvalue weighted by Crippen LogP contribution is 2.25. The summed E-state index contributed by atoms with van der Waals surface area (Å²) in [5, 5.41) is 4.09. The lowest BCUT2D eigenvalue weighted by molar-refractivity contribution is -0.137. The van der Waals surface area contributed by atoms with E-state index in [-0.39, 0.29) is 18.6 Å². The SMILES string of the molecule is Cc1ccccc1OCC(=O)N(Cc1nc(-c2ccccc2)no1)C1CCCCC1. The highest BCUT2D eigenvalue weighted by molar-refractivity contribution is 5.78. The van der Waals surface area contributed by atoms with Crippen molar-refractivity contribution in [1.82, 2.24) is 15.0 Å². The van der Waals surface area contributed by atoms with Crippen LogP contribution in [-0.2, 0) is 11.3 Å². The molecule has 156 valence electrons. The van der Waals surface area contributed by atoms with Crippen LogP contribution in [0.15, 0.2) is 59.1 Å². The topological polar surface area (TPSA) is 68.5 Å². The molecule has 3 aromatic rings. The number of amides is 1. The molecule has 1 fully saturated rings. The zero-order chi connectivity index (χ0) is 20.8. The summed E-state index contributed by atoms with van der Waals surface area (Å²) in [6.07, 6.45) is 5.47. The molecule has 1 aliphatic rings. The summed E-state index contributed by atoms with van der Waals surface area (Å²) in [6.45, 7) is 2.28. The number of nitrogens with zero attached hydrogens (tertiary/aromatic N) is 3. The van der Waals surface area contributed by atoms with Gasteiger partial charge in [0.25, 0.3) is 5.91 Å². The van der Waals surface area contributed by atoms with E-state index >= 15 is 0 Å². The molecule has 0 atom stereocenters. The number of rotatable bonds is 7. The molecule has 6 nitrogen and oxygen atoms in total. The third-order valence-corrected chi connectivity index (χ3v) is 5.59. The molecule has 1 aliphatic carbocycles. The van der Waals surface area contributed by atoms with Gasteiger partial charge in [0.2, 0.25) is 11.7 Å². The van der Waals surface area contributed by atoms with Crippen LogP contribution < -0.4 is 4.74 Å². The normalized spacial score (nSPS) is 14.4. The Morgan fingerprint density at radius 1 is 1.07 bits per heavy atom. The van der Waals surface area contributed by atoms with Crippen molar-refractivity contribution in [2.45, 2.75) is 51.6 Å². The quantitative estimate of drug-likeness (QED) is 0.566. The molecule has 0 bridgehead atoms. The summed E-state index contributed by atoms with van der Waals surface area (Å²) >= 11 is 0. The van der Waals surface area contributed by atoms with Gasteiger partial charge in [-0.05, 0) is 31.4 Å². The third kappa shape index (κ3) is 4.87. The van der Waals surface area contributed by atoms with E-state index in [1.165, 1.54) is 6.42 Å². The summed E-state index contributed by atoms with van der Waals surface area (Å²) in [5.41, 5.74) is 1.91. The van der Waals surface area contributed by atoms with Crippen LogP contribution in [0.1, 0.15) is 43.6 Å². The molecule has 0 radical (unpaired) electrons. The second-order valence-electron chi connectivity index (χ2n) is 7.75. The molecular formula is C24H27N3O3. The molecule has 1 aromatic heterocycles. The number of carbonyl (C=O) groups is 1. The van der Waals surface area contributed by atoms with Crippen molar-refractivity contribution < 1.29 is 14.1 Å². The number of para-hydroxylation sites is 1. The van der Waals surface area contributed by atoms with Crippen molar-refractivity contribution in [1.29, 1.82) is 0 Å². The van der Waals surface area contributed by atoms with Crippen molar-refractivity contribution in [3.05, 3.63) is 66.1 Å². The van der Waals surface area contributed by atoms with E-state index in [4.69, 9.17) is 9.26 Å². The van der Waals surface area contributed by atoms with E-state index in [0.29, 0.717) is 18.3 Å². The van der Waals surface area contributed by atoms with Crippen LogP contribution in [0, 0.1) is 6.92 Å². The molecule has 1 amide bonds. The number of aromatic nitrogens is 2.